The summed E-state index contributed by atoms with van der Waals surface area (Å²) in [7, 11) is -3.75. The predicted octanol–water partition coefficient (Wildman–Crippen LogP) is 0.976. The molecule has 1 fully saturated rings. The fraction of sp³-hybridized carbons (Fsp3) is 0.455. The van der Waals surface area contributed by atoms with E-state index in [0.717, 1.165) is 0 Å². The highest BCUT2D eigenvalue weighted by Crippen LogP contribution is 2.25. The van der Waals surface area contributed by atoms with Crippen LogP contribution in [-0.4, -0.2) is 45.8 Å². The molecule has 1 aromatic rings. The van der Waals surface area contributed by atoms with E-state index in [1.54, 1.807) is 17.0 Å². The molecule has 5 nitrogen and oxygen atoms in total. The molecule has 112 valence electrons. The maximum Gasteiger partial charge on any atom is 0.460 e. The van der Waals surface area contributed by atoms with Gasteiger partial charge in [-0.15, -0.1) is 0 Å². The average Bonchev–Trinajstić information content (AvgIpc) is 2.37. The molecule has 1 saturated heterocycles. The molecule has 1 aliphatic rings. The van der Waals surface area contributed by atoms with Gasteiger partial charge in [-0.25, -0.2) is 18.5 Å². The first kappa shape index (κ1) is 15.1. The summed E-state index contributed by atoms with van der Waals surface area (Å²) in [5, 5.41) is 4.98. The van der Waals surface area contributed by atoms with Crippen LogP contribution in [0.4, 0.5) is 18.9 Å². The van der Waals surface area contributed by atoms with Gasteiger partial charge in [-0.1, -0.05) is 0 Å². The summed E-state index contributed by atoms with van der Waals surface area (Å²) in [4.78, 5) is 2.22. The van der Waals surface area contributed by atoms with Crippen LogP contribution in [0.5, 0.6) is 0 Å². The van der Waals surface area contributed by atoms with E-state index in [-0.39, 0.29) is 31.1 Å². The molecule has 1 heterocycles. The number of halogens is 3. The summed E-state index contributed by atoms with van der Waals surface area (Å²) in [6.45, 7) is 0.239. The van der Waals surface area contributed by atoms with Crippen LogP contribution in [0.3, 0.4) is 0 Å². The molecule has 1 aliphatic heterocycles. The number of anilines is 1. The van der Waals surface area contributed by atoms with Crippen LogP contribution in [0.1, 0.15) is 0 Å². The van der Waals surface area contributed by atoms with E-state index < -0.39 is 16.3 Å². The summed E-state index contributed by atoms with van der Waals surface area (Å²) in [5.74, 6) is 0. The van der Waals surface area contributed by atoms with Gasteiger partial charge < -0.3 is 4.90 Å². The van der Waals surface area contributed by atoms with Gasteiger partial charge >= 0.3 is 6.30 Å². The van der Waals surface area contributed by atoms with Crippen molar-refractivity contribution in [2.45, 2.75) is 11.2 Å². The second-order valence-corrected chi connectivity index (χ2v) is 6.04. The van der Waals surface area contributed by atoms with Crippen LogP contribution in [0.25, 0.3) is 0 Å². The topological polar surface area (TPSA) is 66.6 Å². The number of hydrogen-bond acceptors (Lipinski definition) is 4. The highest BCUT2D eigenvalue weighted by atomic mass is 32.2. The Morgan fingerprint density at radius 2 is 1.50 bits per heavy atom. The quantitative estimate of drug-likeness (QED) is 0.827. The number of alkyl halides is 3. The number of rotatable bonds is 2. The Morgan fingerprint density at radius 3 is 1.90 bits per heavy atom. The Balaban J connectivity index is 2.04. The molecular formula is C11H14F3N3O2S. The molecule has 0 radical (unpaired) electrons. The highest BCUT2D eigenvalue weighted by Gasteiger charge is 2.38. The van der Waals surface area contributed by atoms with Crippen LogP contribution in [0, 0.1) is 0 Å². The zero-order valence-corrected chi connectivity index (χ0v) is 11.3. The van der Waals surface area contributed by atoms with E-state index in [1.807, 2.05) is 0 Å². The average molecular weight is 309 g/mol. The van der Waals surface area contributed by atoms with Crippen molar-refractivity contribution in [3.8, 4) is 0 Å². The number of benzene rings is 1. The van der Waals surface area contributed by atoms with Gasteiger partial charge in [0.1, 0.15) is 0 Å². The lowest BCUT2D eigenvalue weighted by molar-refractivity contribution is -0.246. The zero-order valence-electron chi connectivity index (χ0n) is 10.5. The van der Waals surface area contributed by atoms with E-state index in [0.29, 0.717) is 10.6 Å². The van der Waals surface area contributed by atoms with E-state index in [2.05, 4.69) is 0 Å². The Morgan fingerprint density at radius 1 is 1.00 bits per heavy atom. The number of nitrogens with zero attached hydrogens (tertiary/aromatic N) is 2. The first-order chi connectivity index (χ1) is 9.18. The standard InChI is InChI=1S/C11H14F3N3O2S/c12-11(13,14)17-7-5-16(6-8-17)9-1-3-10(4-2-9)20(15,18)19/h1-4H,5-8H2,(H2,15,18,19). The van der Waals surface area contributed by atoms with Crippen molar-refractivity contribution >= 4 is 15.7 Å². The fourth-order valence-corrected chi connectivity index (χ4v) is 2.58. The molecule has 1 aromatic carbocycles. The van der Waals surface area contributed by atoms with E-state index >= 15 is 0 Å². The number of primary sulfonamides is 1. The first-order valence-electron chi connectivity index (χ1n) is 5.87. The third-order valence-electron chi connectivity index (χ3n) is 3.17. The summed E-state index contributed by atoms with van der Waals surface area (Å²) in [5.41, 5.74) is 0.680. The third kappa shape index (κ3) is 3.41. The Hall–Kier alpha value is -1.32. The molecule has 0 spiro atoms. The molecule has 2 N–H and O–H groups in total. The van der Waals surface area contributed by atoms with Crippen molar-refractivity contribution < 1.29 is 21.6 Å². The minimum absolute atomic E-state index is 0.0184. The molecule has 2 rings (SSSR count). The van der Waals surface area contributed by atoms with Crippen molar-refractivity contribution in [1.82, 2.24) is 4.90 Å². The Kier molecular flexibility index (Phi) is 3.94. The lowest BCUT2D eigenvalue weighted by Gasteiger charge is -2.36. The summed E-state index contributed by atoms with van der Waals surface area (Å²) >= 11 is 0. The van der Waals surface area contributed by atoms with Crippen molar-refractivity contribution in [3.63, 3.8) is 0 Å². The van der Waals surface area contributed by atoms with Gasteiger partial charge in [-0.3, -0.25) is 0 Å². The molecule has 20 heavy (non-hydrogen) atoms. The minimum atomic E-state index is -4.30. The minimum Gasteiger partial charge on any atom is -0.369 e. The van der Waals surface area contributed by atoms with Gasteiger partial charge in [0.25, 0.3) is 0 Å². The molecule has 9 heteroatoms. The second kappa shape index (κ2) is 5.23. The van der Waals surface area contributed by atoms with Crippen LogP contribution in [0.2, 0.25) is 0 Å². The molecule has 0 unspecified atom stereocenters. The number of piperazine rings is 1. The molecule has 0 aliphatic carbocycles. The molecular weight excluding hydrogens is 295 g/mol. The molecule has 0 atom stereocenters. The van der Waals surface area contributed by atoms with Gasteiger partial charge in [0.15, 0.2) is 0 Å². The number of nitrogens with two attached hydrogens (primary N) is 1. The van der Waals surface area contributed by atoms with Crippen LogP contribution in [-0.2, 0) is 10.0 Å². The normalized spacial score (nSPS) is 18.3. The van der Waals surface area contributed by atoms with Gasteiger partial charge in [0.05, 0.1) is 4.90 Å². The Bertz CT molecular complexity index is 564. The lowest BCUT2D eigenvalue weighted by atomic mass is 10.2. The molecule has 0 aromatic heterocycles. The lowest BCUT2D eigenvalue weighted by Crippen LogP contribution is -2.51. The van der Waals surface area contributed by atoms with Gasteiger partial charge in [-0.05, 0) is 24.3 Å². The van der Waals surface area contributed by atoms with Gasteiger partial charge in [0, 0.05) is 31.9 Å². The summed E-state index contributed by atoms with van der Waals surface area (Å²) < 4.78 is 59.7. The number of hydrogen-bond donors (Lipinski definition) is 1. The number of sulfonamides is 1. The molecule has 0 bridgehead atoms. The SMILES string of the molecule is NS(=O)(=O)c1ccc(N2CCN(C(F)(F)F)CC2)cc1. The van der Waals surface area contributed by atoms with Crippen molar-refractivity contribution in [1.29, 1.82) is 0 Å². The van der Waals surface area contributed by atoms with Crippen molar-refractivity contribution in [3.05, 3.63) is 24.3 Å². The monoisotopic (exact) mass is 309 g/mol. The highest BCUT2D eigenvalue weighted by molar-refractivity contribution is 7.89. The van der Waals surface area contributed by atoms with Gasteiger partial charge in [-0.2, -0.15) is 13.2 Å². The zero-order chi connectivity index (χ0) is 15.0. The summed E-state index contributed by atoms with van der Waals surface area (Å²) in [6.07, 6.45) is -4.30. The van der Waals surface area contributed by atoms with Crippen LogP contribution < -0.4 is 10.0 Å². The van der Waals surface area contributed by atoms with E-state index in [9.17, 15) is 21.6 Å². The van der Waals surface area contributed by atoms with E-state index in [4.69, 9.17) is 5.14 Å². The predicted molar refractivity (Wildman–Crippen MR) is 67.7 cm³/mol. The van der Waals surface area contributed by atoms with Gasteiger partial charge in [0.2, 0.25) is 10.0 Å². The van der Waals surface area contributed by atoms with E-state index in [1.165, 1.54) is 12.1 Å². The van der Waals surface area contributed by atoms with Crippen molar-refractivity contribution in [2.75, 3.05) is 31.1 Å². The Labute approximate surface area is 114 Å². The fourth-order valence-electron chi connectivity index (χ4n) is 2.06. The smallest absolute Gasteiger partial charge is 0.369 e. The third-order valence-corrected chi connectivity index (χ3v) is 4.10. The van der Waals surface area contributed by atoms with Crippen LogP contribution >= 0.6 is 0 Å². The maximum absolute atomic E-state index is 12.5. The molecule has 0 saturated carbocycles. The maximum atomic E-state index is 12.5. The molecule has 0 amide bonds. The summed E-state index contributed by atoms with van der Waals surface area (Å²) in [6, 6.07) is 5.79. The first-order valence-corrected chi connectivity index (χ1v) is 7.42. The largest absolute Gasteiger partial charge is 0.460 e. The van der Waals surface area contributed by atoms with Crippen LogP contribution in [0.15, 0.2) is 29.2 Å². The van der Waals surface area contributed by atoms with Crippen molar-refractivity contribution in [2.24, 2.45) is 5.14 Å². The second-order valence-electron chi connectivity index (χ2n) is 4.48.